The van der Waals surface area contributed by atoms with Crippen LogP contribution < -0.4 is 0 Å². The SMILES string of the molecule is C=C[C@@H]1COC[C@@H](O)[C@@H](Cc2ccccc2)C1. The molecule has 92 valence electrons. The Kier molecular flexibility index (Phi) is 4.35. The zero-order chi connectivity index (χ0) is 12.1. The lowest BCUT2D eigenvalue weighted by molar-refractivity contribution is 0.0255. The highest BCUT2D eigenvalue weighted by molar-refractivity contribution is 5.15. The van der Waals surface area contributed by atoms with Gasteiger partial charge in [0.25, 0.3) is 0 Å². The fraction of sp³-hybridized carbons (Fsp3) is 0.467. The number of ether oxygens (including phenoxy) is 1. The predicted molar refractivity (Wildman–Crippen MR) is 68.8 cm³/mol. The quantitative estimate of drug-likeness (QED) is 0.811. The Morgan fingerprint density at radius 3 is 2.76 bits per heavy atom. The van der Waals surface area contributed by atoms with E-state index in [0.29, 0.717) is 19.1 Å². The van der Waals surface area contributed by atoms with Gasteiger partial charge in [0.05, 0.1) is 19.3 Å². The molecule has 0 aliphatic carbocycles. The van der Waals surface area contributed by atoms with E-state index in [-0.39, 0.29) is 12.0 Å². The van der Waals surface area contributed by atoms with Crippen LogP contribution in [0.1, 0.15) is 12.0 Å². The minimum absolute atomic E-state index is 0.267. The zero-order valence-electron chi connectivity index (χ0n) is 10.1. The van der Waals surface area contributed by atoms with Gasteiger partial charge in [-0.25, -0.2) is 0 Å². The molecule has 17 heavy (non-hydrogen) atoms. The Morgan fingerprint density at radius 2 is 2.06 bits per heavy atom. The minimum atomic E-state index is -0.361. The van der Waals surface area contributed by atoms with Crippen LogP contribution in [0.5, 0.6) is 0 Å². The number of hydrogen-bond donors (Lipinski definition) is 1. The maximum Gasteiger partial charge on any atom is 0.0805 e. The highest BCUT2D eigenvalue weighted by Crippen LogP contribution is 2.25. The summed E-state index contributed by atoms with van der Waals surface area (Å²) in [5.74, 6) is 0.628. The van der Waals surface area contributed by atoms with Gasteiger partial charge >= 0.3 is 0 Å². The van der Waals surface area contributed by atoms with Crippen molar-refractivity contribution in [3.8, 4) is 0 Å². The number of hydrogen-bond acceptors (Lipinski definition) is 2. The van der Waals surface area contributed by atoms with Crippen molar-refractivity contribution in [2.75, 3.05) is 13.2 Å². The third kappa shape index (κ3) is 3.42. The molecule has 2 rings (SSSR count). The van der Waals surface area contributed by atoms with Gasteiger partial charge in [-0.2, -0.15) is 0 Å². The predicted octanol–water partition coefficient (Wildman–Crippen LogP) is 2.43. The van der Waals surface area contributed by atoms with Crippen molar-refractivity contribution in [2.45, 2.75) is 18.9 Å². The minimum Gasteiger partial charge on any atom is -0.390 e. The number of rotatable bonds is 3. The third-order valence-electron chi connectivity index (χ3n) is 3.44. The van der Waals surface area contributed by atoms with E-state index in [9.17, 15) is 5.11 Å². The Morgan fingerprint density at radius 1 is 1.29 bits per heavy atom. The average molecular weight is 232 g/mol. The van der Waals surface area contributed by atoms with E-state index in [1.165, 1.54) is 5.56 Å². The van der Waals surface area contributed by atoms with Gasteiger partial charge in [0.2, 0.25) is 0 Å². The van der Waals surface area contributed by atoms with Gasteiger partial charge in [0, 0.05) is 5.92 Å². The van der Waals surface area contributed by atoms with Gasteiger partial charge in [0.1, 0.15) is 0 Å². The first-order valence-electron chi connectivity index (χ1n) is 6.22. The van der Waals surface area contributed by atoms with Gasteiger partial charge in [-0.1, -0.05) is 36.4 Å². The van der Waals surface area contributed by atoms with E-state index < -0.39 is 0 Å². The van der Waals surface area contributed by atoms with Crippen molar-refractivity contribution in [3.63, 3.8) is 0 Å². The molecular weight excluding hydrogens is 212 g/mol. The highest BCUT2D eigenvalue weighted by Gasteiger charge is 2.26. The van der Waals surface area contributed by atoms with Crippen LogP contribution in [0.25, 0.3) is 0 Å². The van der Waals surface area contributed by atoms with Crippen LogP contribution >= 0.6 is 0 Å². The molecule has 0 amide bonds. The van der Waals surface area contributed by atoms with E-state index in [2.05, 4.69) is 18.7 Å². The maximum atomic E-state index is 10.1. The highest BCUT2D eigenvalue weighted by atomic mass is 16.5. The van der Waals surface area contributed by atoms with Crippen molar-refractivity contribution in [1.29, 1.82) is 0 Å². The van der Waals surface area contributed by atoms with Gasteiger partial charge in [0.15, 0.2) is 0 Å². The molecule has 1 aliphatic rings. The summed E-state index contributed by atoms with van der Waals surface area (Å²) >= 11 is 0. The smallest absolute Gasteiger partial charge is 0.0805 e. The second-order valence-electron chi connectivity index (χ2n) is 4.79. The topological polar surface area (TPSA) is 29.5 Å². The van der Waals surface area contributed by atoms with Crippen molar-refractivity contribution in [3.05, 3.63) is 48.6 Å². The van der Waals surface area contributed by atoms with Gasteiger partial charge in [-0.05, 0) is 24.3 Å². The molecular formula is C15H20O2. The molecule has 0 bridgehead atoms. The standard InChI is InChI=1S/C15H20O2/c1-2-12-8-14(15(16)11-17-10-12)9-13-6-4-3-5-7-13/h2-7,12,14-16H,1,8-11H2/t12-,14+,15+/m0/s1. The zero-order valence-corrected chi connectivity index (χ0v) is 10.1. The molecule has 1 N–H and O–H groups in total. The second-order valence-corrected chi connectivity index (χ2v) is 4.79. The second kappa shape index (κ2) is 5.99. The molecule has 3 atom stereocenters. The summed E-state index contributed by atoms with van der Waals surface area (Å²) in [5.41, 5.74) is 1.28. The third-order valence-corrected chi connectivity index (χ3v) is 3.44. The Labute approximate surface area is 103 Å². The summed E-state index contributed by atoms with van der Waals surface area (Å²) in [6.07, 6.45) is 3.45. The van der Waals surface area contributed by atoms with Gasteiger partial charge in [-0.3, -0.25) is 0 Å². The monoisotopic (exact) mass is 232 g/mol. The van der Waals surface area contributed by atoms with Crippen LogP contribution in [0, 0.1) is 11.8 Å². The first-order chi connectivity index (χ1) is 8.29. The molecule has 0 unspecified atom stereocenters. The normalized spacial score (nSPS) is 29.6. The lowest BCUT2D eigenvalue weighted by Crippen LogP contribution is -2.25. The summed E-state index contributed by atoms with van der Waals surface area (Å²) in [5, 5.41) is 10.1. The summed E-state index contributed by atoms with van der Waals surface area (Å²) in [6, 6.07) is 10.3. The lowest BCUT2D eigenvalue weighted by Gasteiger charge is -2.21. The van der Waals surface area contributed by atoms with Crippen molar-refractivity contribution >= 4 is 0 Å². The van der Waals surface area contributed by atoms with Crippen LogP contribution in [-0.4, -0.2) is 24.4 Å². The van der Waals surface area contributed by atoms with Crippen LogP contribution in [0.3, 0.4) is 0 Å². The number of benzene rings is 1. The lowest BCUT2D eigenvalue weighted by atomic mass is 9.87. The molecule has 1 aromatic carbocycles. The molecule has 1 heterocycles. The Balaban J connectivity index is 2.03. The Hall–Kier alpha value is -1.12. The van der Waals surface area contributed by atoms with E-state index in [1.54, 1.807) is 0 Å². The summed E-state index contributed by atoms with van der Waals surface area (Å²) in [4.78, 5) is 0. The molecule has 1 saturated heterocycles. The summed E-state index contributed by atoms with van der Waals surface area (Å²) < 4.78 is 5.46. The molecule has 1 fully saturated rings. The molecule has 2 nitrogen and oxygen atoms in total. The van der Waals surface area contributed by atoms with Gasteiger partial charge < -0.3 is 9.84 Å². The van der Waals surface area contributed by atoms with E-state index in [4.69, 9.17) is 4.74 Å². The molecule has 1 aromatic rings. The van der Waals surface area contributed by atoms with Crippen LogP contribution in [0.4, 0.5) is 0 Å². The van der Waals surface area contributed by atoms with Gasteiger partial charge in [-0.15, -0.1) is 6.58 Å². The Bertz CT molecular complexity index is 347. The van der Waals surface area contributed by atoms with Crippen molar-refractivity contribution in [1.82, 2.24) is 0 Å². The largest absolute Gasteiger partial charge is 0.390 e. The molecule has 1 aliphatic heterocycles. The van der Waals surface area contributed by atoms with Crippen LogP contribution in [0.15, 0.2) is 43.0 Å². The fourth-order valence-corrected chi connectivity index (χ4v) is 2.39. The molecule has 0 aromatic heterocycles. The van der Waals surface area contributed by atoms with E-state index >= 15 is 0 Å². The summed E-state index contributed by atoms with van der Waals surface area (Å²) in [7, 11) is 0. The van der Waals surface area contributed by atoms with Crippen molar-refractivity contribution in [2.24, 2.45) is 11.8 Å². The maximum absolute atomic E-state index is 10.1. The number of aliphatic hydroxyl groups is 1. The number of aliphatic hydroxyl groups excluding tert-OH is 1. The molecule has 0 spiro atoms. The van der Waals surface area contributed by atoms with E-state index in [1.807, 2.05) is 24.3 Å². The molecule has 2 heteroatoms. The van der Waals surface area contributed by atoms with Crippen LogP contribution in [-0.2, 0) is 11.2 Å². The first kappa shape index (κ1) is 12.3. The van der Waals surface area contributed by atoms with Crippen LogP contribution in [0.2, 0.25) is 0 Å². The summed E-state index contributed by atoms with van der Waals surface area (Å²) in [6.45, 7) is 4.96. The fourth-order valence-electron chi connectivity index (χ4n) is 2.39. The first-order valence-corrected chi connectivity index (χ1v) is 6.22. The van der Waals surface area contributed by atoms with Crippen molar-refractivity contribution < 1.29 is 9.84 Å². The molecule has 0 radical (unpaired) electrons. The average Bonchev–Trinajstić information content (AvgIpc) is 2.53. The van der Waals surface area contributed by atoms with E-state index in [0.717, 1.165) is 12.8 Å². The molecule has 0 saturated carbocycles.